The van der Waals surface area contributed by atoms with E-state index in [4.69, 9.17) is 0 Å². The van der Waals surface area contributed by atoms with Crippen LogP contribution in [0.5, 0.6) is 0 Å². The molecule has 2 N–H and O–H groups in total. The number of hydrogen-bond donors (Lipinski definition) is 2. The van der Waals surface area contributed by atoms with Crippen LogP contribution in [0.3, 0.4) is 0 Å². The second-order valence-electron chi connectivity index (χ2n) is 10.3. The van der Waals surface area contributed by atoms with E-state index in [1.54, 1.807) is 0 Å². The smallest absolute Gasteiger partial charge is 0.219 e. The van der Waals surface area contributed by atoms with Gasteiger partial charge in [-0.1, -0.05) is 129 Å². The van der Waals surface area contributed by atoms with Crippen molar-refractivity contribution in [2.24, 2.45) is 0 Å². The predicted molar refractivity (Wildman–Crippen MR) is 148 cm³/mol. The first-order chi connectivity index (χ1) is 16.7. The molecule has 0 aliphatic rings. The maximum absolute atomic E-state index is 11.9. The van der Waals surface area contributed by atoms with Crippen molar-refractivity contribution < 1.29 is 9.59 Å². The number of carbonyl (C=O) groups excluding carboxylic acids is 2. The average Bonchev–Trinajstić information content (AvgIpc) is 2.83. The molecule has 4 nitrogen and oxygen atoms in total. The van der Waals surface area contributed by atoms with Gasteiger partial charge < -0.3 is 10.6 Å². The van der Waals surface area contributed by atoms with Gasteiger partial charge in [0, 0.05) is 25.9 Å². The van der Waals surface area contributed by atoms with Crippen LogP contribution in [0.2, 0.25) is 0 Å². The van der Waals surface area contributed by atoms with Gasteiger partial charge in [0.2, 0.25) is 11.8 Å². The molecule has 0 aromatic carbocycles. The molecule has 0 heterocycles. The number of carbonyl (C=O) groups is 2. The molecule has 34 heavy (non-hydrogen) atoms. The zero-order valence-corrected chi connectivity index (χ0v) is 23.2. The van der Waals surface area contributed by atoms with E-state index in [1.165, 1.54) is 103 Å². The highest BCUT2D eigenvalue weighted by molar-refractivity contribution is 5.76. The van der Waals surface area contributed by atoms with Crippen molar-refractivity contribution in [2.45, 2.75) is 168 Å². The van der Waals surface area contributed by atoms with Gasteiger partial charge in [-0.25, -0.2) is 0 Å². The van der Waals surface area contributed by atoms with E-state index in [2.05, 4.69) is 24.5 Å². The van der Waals surface area contributed by atoms with Gasteiger partial charge in [-0.05, 0) is 25.7 Å². The zero-order valence-electron chi connectivity index (χ0n) is 23.2. The Kier molecular flexibility index (Phi) is 27.3. The maximum Gasteiger partial charge on any atom is 0.219 e. The minimum absolute atomic E-state index is 0.215. The second kappa shape index (κ2) is 28.2. The SMILES string of the molecule is CCCCCCCCCCCC(=O)NCCCCCCNC(=O)CCCCCCCCCCC. The number of unbranched alkanes of at least 4 members (excludes halogenated alkanes) is 19. The van der Waals surface area contributed by atoms with E-state index >= 15 is 0 Å². The highest BCUT2D eigenvalue weighted by Gasteiger charge is 2.02. The Morgan fingerprint density at radius 3 is 0.971 bits per heavy atom. The van der Waals surface area contributed by atoms with E-state index < -0.39 is 0 Å². The van der Waals surface area contributed by atoms with Gasteiger partial charge >= 0.3 is 0 Å². The summed E-state index contributed by atoms with van der Waals surface area (Å²) in [4.78, 5) is 23.8. The number of rotatable bonds is 27. The first kappa shape index (κ1) is 32.9. The fourth-order valence-corrected chi connectivity index (χ4v) is 4.43. The van der Waals surface area contributed by atoms with E-state index in [1.807, 2.05) is 0 Å². The molecular weight excluding hydrogens is 420 g/mol. The number of nitrogens with one attached hydrogen (secondary N) is 2. The lowest BCUT2D eigenvalue weighted by Crippen LogP contribution is -2.24. The molecule has 0 aromatic rings. The first-order valence-electron chi connectivity index (χ1n) is 15.2. The van der Waals surface area contributed by atoms with Crippen molar-refractivity contribution >= 4 is 11.8 Å². The summed E-state index contributed by atoms with van der Waals surface area (Å²) in [5.41, 5.74) is 0. The van der Waals surface area contributed by atoms with E-state index in [9.17, 15) is 9.59 Å². The highest BCUT2D eigenvalue weighted by Crippen LogP contribution is 2.11. The Labute approximate surface area is 213 Å². The van der Waals surface area contributed by atoms with Crippen LogP contribution in [0.25, 0.3) is 0 Å². The van der Waals surface area contributed by atoms with Crippen molar-refractivity contribution in [3.05, 3.63) is 0 Å². The van der Waals surface area contributed by atoms with Gasteiger partial charge in [-0.2, -0.15) is 0 Å². The lowest BCUT2D eigenvalue weighted by Gasteiger charge is -2.07. The fourth-order valence-electron chi connectivity index (χ4n) is 4.43. The van der Waals surface area contributed by atoms with Gasteiger partial charge in [0.15, 0.2) is 0 Å². The quantitative estimate of drug-likeness (QED) is 0.116. The van der Waals surface area contributed by atoms with Crippen molar-refractivity contribution in [1.82, 2.24) is 10.6 Å². The van der Waals surface area contributed by atoms with E-state index in [0.717, 1.165) is 51.6 Å². The third-order valence-corrected chi connectivity index (χ3v) is 6.76. The third kappa shape index (κ3) is 27.2. The van der Waals surface area contributed by atoms with Crippen molar-refractivity contribution in [3.63, 3.8) is 0 Å². The lowest BCUT2D eigenvalue weighted by atomic mass is 10.1. The highest BCUT2D eigenvalue weighted by atomic mass is 16.2. The molecule has 0 unspecified atom stereocenters. The summed E-state index contributed by atoms with van der Waals surface area (Å²) in [5, 5.41) is 6.12. The molecule has 0 bridgehead atoms. The Morgan fingerprint density at radius 1 is 0.382 bits per heavy atom. The molecule has 202 valence electrons. The number of hydrogen-bond acceptors (Lipinski definition) is 2. The van der Waals surface area contributed by atoms with Crippen LogP contribution in [-0.2, 0) is 9.59 Å². The summed E-state index contributed by atoms with van der Waals surface area (Å²) in [6.07, 6.45) is 28.9. The Balaban J connectivity index is 3.25. The first-order valence-corrected chi connectivity index (χ1v) is 15.2. The standard InChI is InChI=1S/C30H60N2O2/c1-3-5-7-9-11-13-15-17-21-25-29(33)31-27-23-19-20-24-28-32-30(34)26-22-18-16-14-12-10-8-6-4-2/h3-28H2,1-2H3,(H,31,33)(H,32,34). The van der Waals surface area contributed by atoms with Crippen LogP contribution >= 0.6 is 0 Å². The zero-order chi connectivity index (χ0) is 25.0. The Hall–Kier alpha value is -1.06. The van der Waals surface area contributed by atoms with Crippen molar-refractivity contribution in [1.29, 1.82) is 0 Å². The summed E-state index contributed by atoms with van der Waals surface area (Å²) < 4.78 is 0. The molecule has 0 rings (SSSR count). The topological polar surface area (TPSA) is 58.2 Å². The van der Waals surface area contributed by atoms with Crippen LogP contribution in [-0.4, -0.2) is 24.9 Å². The van der Waals surface area contributed by atoms with Gasteiger partial charge in [0.05, 0.1) is 0 Å². The van der Waals surface area contributed by atoms with Crippen LogP contribution < -0.4 is 10.6 Å². The number of amides is 2. The van der Waals surface area contributed by atoms with Crippen LogP contribution in [0, 0.1) is 0 Å². The molecule has 0 fully saturated rings. The molecule has 0 aromatic heterocycles. The largest absolute Gasteiger partial charge is 0.356 e. The van der Waals surface area contributed by atoms with Crippen LogP contribution in [0.15, 0.2) is 0 Å². The van der Waals surface area contributed by atoms with E-state index in [-0.39, 0.29) is 11.8 Å². The van der Waals surface area contributed by atoms with Gasteiger partial charge in [-0.3, -0.25) is 9.59 Å². The second-order valence-corrected chi connectivity index (χ2v) is 10.3. The summed E-state index contributed by atoms with van der Waals surface area (Å²) >= 11 is 0. The third-order valence-electron chi connectivity index (χ3n) is 6.76. The minimum Gasteiger partial charge on any atom is -0.356 e. The van der Waals surface area contributed by atoms with Crippen molar-refractivity contribution in [3.8, 4) is 0 Å². The predicted octanol–water partition coefficient (Wildman–Crippen LogP) is 8.62. The van der Waals surface area contributed by atoms with Gasteiger partial charge in [-0.15, -0.1) is 0 Å². The lowest BCUT2D eigenvalue weighted by molar-refractivity contribution is -0.122. The molecule has 0 atom stereocenters. The molecular formula is C30H60N2O2. The summed E-state index contributed by atoms with van der Waals surface area (Å²) in [6, 6.07) is 0. The summed E-state index contributed by atoms with van der Waals surface area (Å²) in [5.74, 6) is 0.429. The molecule has 0 radical (unpaired) electrons. The van der Waals surface area contributed by atoms with Crippen LogP contribution in [0.1, 0.15) is 168 Å². The molecule has 4 heteroatoms. The Bertz CT molecular complexity index is 400. The molecule has 0 aliphatic heterocycles. The average molecular weight is 481 g/mol. The Morgan fingerprint density at radius 2 is 0.647 bits per heavy atom. The maximum atomic E-state index is 11.9. The fraction of sp³-hybridized carbons (Fsp3) is 0.933. The molecule has 0 saturated heterocycles. The summed E-state index contributed by atoms with van der Waals surface area (Å²) in [6.45, 7) is 6.10. The van der Waals surface area contributed by atoms with E-state index in [0.29, 0.717) is 12.8 Å². The molecule has 0 spiro atoms. The minimum atomic E-state index is 0.215. The van der Waals surface area contributed by atoms with Crippen molar-refractivity contribution in [2.75, 3.05) is 13.1 Å². The molecule has 2 amide bonds. The molecule has 0 saturated carbocycles. The molecule has 0 aliphatic carbocycles. The van der Waals surface area contributed by atoms with Gasteiger partial charge in [0.25, 0.3) is 0 Å². The summed E-state index contributed by atoms with van der Waals surface area (Å²) in [7, 11) is 0. The van der Waals surface area contributed by atoms with Crippen LogP contribution in [0.4, 0.5) is 0 Å². The van der Waals surface area contributed by atoms with Gasteiger partial charge in [0.1, 0.15) is 0 Å². The normalized spacial score (nSPS) is 11.0. The monoisotopic (exact) mass is 480 g/mol.